The molecule has 130 valence electrons. The number of hydrogen-bond donors (Lipinski definition) is 1. The molecule has 4 rings (SSSR count). The van der Waals surface area contributed by atoms with E-state index in [-0.39, 0.29) is 29.3 Å². The fourth-order valence-corrected chi connectivity index (χ4v) is 2.69. The molecular weight excluding hydrogens is 344 g/mol. The number of halogens is 2. The first kappa shape index (κ1) is 16.0. The molecule has 2 amide bonds. The number of amides is 2. The predicted molar refractivity (Wildman–Crippen MR) is 88.0 cm³/mol. The Labute approximate surface area is 146 Å². The van der Waals surface area contributed by atoms with Crippen LogP contribution in [0.3, 0.4) is 0 Å². The minimum atomic E-state index is -0.638. The Morgan fingerprint density at radius 3 is 2.19 bits per heavy atom. The third kappa shape index (κ3) is 2.83. The summed E-state index contributed by atoms with van der Waals surface area (Å²) >= 11 is 0. The van der Waals surface area contributed by atoms with E-state index >= 15 is 0 Å². The second kappa shape index (κ2) is 6.11. The van der Waals surface area contributed by atoms with Crippen LogP contribution in [0.25, 0.3) is 12.2 Å². The van der Waals surface area contributed by atoms with Crippen molar-refractivity contribution in [2.45, 2.75) is 0 Å². The Bertz CT molecular complexity index is 993. The molecule has 2 aromatic rings. The zero-order valence-corrected chi connectivity index (χ0v) is 13.2. The summed E-state index contributed by atoms with van der Waals surface area (Å²) in [6.07, 6.45) is 2.71. The molecule has 0 saturated carbocycles. The Morgan fingerprint density at radius 2 is 1.50 bits per heavy atom. The molecule has 1 N–H and O–H groups in total. The van der Waals surface area contributed by atoms with Crippen LogP contribution in [0.15, 0.2) is 47.5 Å². The van der Waals surface area contributed by atoms with Gasteiger partial charge < -0.3 is 9.47 Å². The number of benzene rings is 2. The lowest BCUT2D eigenvalue weighted by molar-refractivity contribution is -0.123. The summed E-state index contributed by atoms with van der Waals surface area (Å²) in [7, 11) is 0. The van der Waals surface area contributed by atoms with Gasteiger partial charge >= 0.3 is 0 Å². The van der Waals surface area contributed by atoms with Crippen LogP contribution >= 0.6 is 0 Å². The van der Waals surface area contributed by atoms with Crippen molar-refractivity contribution in [1.29, 1.82) is 0 Å². The molecule has 26 heavy (non-hydrogen) atoms. The second-order valence-electron chi connectivity index (χ2n) is 5.68. The van der Waals surface area contributed by atoms with Gasteiger partial charge in [0.2, 0.25) is 6.79 Å². The lowest BCUT2D eigenvalue weighted by atomic mass is 10.0. The molecule has 0 spiro atoms. The summed E-state index contributed by atoms with van der Waals surface area (Å²) in [4.78, 5) is 24.2. The molecule has 0 aromatic heterocycles. The van der Waals surface area contributed by atoms with Crippen LogP contribution in [-0.4, -0.2) is 18.6 Å². The smallest absolute Gasteiger partial charge is 0.258 e. The third-order valence-corrected chi connectivity index (χ3v) is 3.98. The average molecular weight is 355 g/mol. The molecule has 0 radical (unpaired) electrons. The molecule has 7 heteroatoms. The van der Waals surface area contributed by atoms with E-state index in [0.717, 1.165) is 6.07 Å². The largest absolute Gasteiger partial charge is 0.454 e. The maximum atomic E-state index is 14.3. The molecule has 0 atom stereocenters. The van der Waals surface area contributed by atoms with E-state index in [1.807, 2.05) is 0 Å². The number of hydrogen-bond acceptors (Lipinski definition) is 4. The van der Waals surface area contributed by atoms with E-state index in [2.05, 4.69) is 5.32 Å². The summed E-state index contributed by atoms with van der Waals surface area (Å²) < 4.78 is 37.6. The van der Waals surface area contributed by atoms with E-state index in [0.29, 0.717) is 11.3 Å². The van der Waals surface area contributed by atoms with Crippen LogP contribution in [0.1, 0.15) is 11.1 Å². The first-order valence-electron chi connectivity index (χ1n) is 7.65. The van der Waals surface area contributed by atoms with E-state index < -0.39 is 23.4 Å². The Balaban J connectivity index is 1.78. The van der Waals surface area contributed by atoms with Crippen LogP contribution in [-0.2, 0) is 9.59 Å². The van der Waals surface area contributed by atoms with Gasteiger partial charge in [0, 0.05) is 11.6 Å². The Kier molecular flexibility index (Phi) is 3.76. The van der Waals surface area contributed by atoms with Gasteiger partial charge in [0.1, 0.15) is 11.6 Å². The lowest BCUT2D eigenvalue weighted by Crippen LogP contribution is -2.19. The van der Waals surface area contributed by atoms with Gasteiger partial charge in [0.05, 0.1) is 11.1 Å². The van der Waals surface area contributed by atoms with Crippen LogP contribution in [0.5, 0.6) is 11.5 Å². The monoisotopic (exact) mass is 355 g/mol. The van der Waals surface area contributed by atoms with Crippen molar-refractivity contribution in [2.24, 2.45) is 0 Å². The van der Waals surface area contributed by atoms with Gasteiger partial charge in [0.15, 0.2) is 11.5 Å². The summed E-state index contributed by atoms with van der Waals surface area (Å²) in [5, 5.41) is 2.17. The van der Waals surface area contributed by atoms with Crippen molar-refractivity contribution in [1.82, 2.24) is 5.32 Å². The number of rotatable bonds is 2. The van der Waals surface area contributed by atoms with Crippen LogP contribution in [0.2, 0.25) is 0 Å². The summed E-state index contributed by atoms with van der Waals surface area (Å²) in [5.41, 5.74) is 0.693. The maximum absolute atomic E-state index is 14.3. The van der Waals surface area contributed by atoms with Crippen molar-refractivity contribution in [2.75, 3.05) is 6.79 Å². The molecule has 0 aliphatic carbocycles. The van der Waals surface area contributed by atoms with Gasteiger partial charge in [-0.25, -0.2) is 8.78 Å². The number of nitrogens with one attached hydrogen (secondary N) is 1. The van der Waals surface area contributed by atoms with Gasteiger partial charge in [-0.15, -0.1) is 0 Å². The van der Waals surface area contributed by atoms with Crippen molar-refractivity contribution >= 4 is 24.0 Å². The summed E-state index contributed by atoms with van der Waals surface area (Å²) in [5.74, 6) is -1.65. The van der Waals surface area contributed by atoms with Gasteiger partial charge in [-0.1, -0.05) is 12.1 Å². The molecule has 0 unspecified atom stereocenters. The molecular formula is C19H11F2NO4. The van der Waals surface area contributed by atoms with Gasteiger partial charge in [0.25, 0.3) is 11.8 Å². The fourth-order valence-electron chi connectivity index (χ4n) is 2.69. The standard InChI is InChI=1S/C19H11F2NO4/c20-12-3-1-10(2-4-12)5-13-14(19(24)22-18(13)23)6-11-7-16-17(8-15(11)21)26-9-25-16/h1-8H,9H2,(H,22,23,24)/b13-5+,14-6+. The fraction of sp³-hybridized carbons (Fsp3) is 0.0526. The highest BCUT2D eigenvalue weighted by Gasteiger charge is 2.31. The minimum absolute atomic E-state index is 0.0104. The van der Waals surface area contributed by atoms with E-state index in [1.165, 1.54) is 42.5 Å². The molecule has 1 saturated heterocycles. The van der Waals surface area contributed by atoms with Crippen LogP contribution in [0.4, 0.5) is 8.78 Å². The summed E-state index contributed by atoms with van der Waals surface area (Å²) in [6, 6.07) is 7.97. The highest BCUT2D eigenvalue weighted by molar-refractivity contribution is 6.28. The number of carbonyl (C=O) groups is 2. The molecule has 1 fully saturated rings. The van der Waals surface area contributed by atoms with Crippen molar-refractivity contribution in [3.8, 4) is 11.5 Å². The van der Waals surface area contributed by atoms with E-state index in [4.69, 9.17) is 9.47 Å². The number of carbonyl (C=O) groups excluding carboxylic acids is 2. The lowest BCUT2D eigenvalue weighted by Gasteiger charge is -2.03. The highest BCUT2D eigenvalue weighted by atomic mass is 19.1. The van der Waals surface area contributed by atoms with E-state index in [1.54, 1.807) is 0 Å². The number of fused-ring (bicyclic) bond motifs is 1. The number of ether oxygens (including phenoxy) is 2. The molecule has 2 heterocycles. The van der Waals surface area contributed by atoms with Crippen LogP contribution in [0, 0.1) is 11.6 Å². The van der Waals surface area contributed by atoms with Gasteiger partial charge in [-0.2, -0.15) is 0 Å². The van der Waals surface area contributed by atoms with Crippen molar-refractivity contribution in [3.63, 3.8) is 0 Å². The second-order valence-corrected chi connectivity index (χ2v) is 5.68. The number of imide groups is 1. The van der Waals surface area contributed by atoms with Crippen molar-refractivity contribution in [3.05, 3.63) is 70.3 Å². The first-order valence-corrected chi connectivity index (χ1v) is 7.65. The molecule has 2 aliphatic rings. The zero-order chi connectivity index (χ0) is 18.3. The van der Waals surface area contributed by atoms with Gasteiger partial charge in [-0.3, -0.25) is 14.9 Å². The van der Waals surface area contributed by atoms with Crippen molar-refractivity contribution < 1.29 is 27.8 Å². The zero-order valence-electron chi connectivity index (χ0n) is 13.2. The van der Waals surface area contributed by atoms with Gasteiger partial charge in [-0.05, 0) is 35.9 Å². The summed E-state index contributed by atoms with van der Waals surface area (Å²) in [6.45, 7) is -0.0104. The first-order chi connectivity index (χ1) is 12.5. The molecule has 5 nitrogen and oxygen atoms in total. The minimum Gasteiger partial charge on any atom is -0.454 e. The highest BCUT2D eigenvalue weighted by Crippen LogP contribution is 2.35. The predicted octanol–water partition coefficient (Wildman–Crippen LogP) is 2.82. The third-order valence-electron chi connectivity index (χ3n) is 3.98. The Hall–Kier alpha value is -3.48. The van der Waals surface area contributed by atoms with Crippen LogP contribution < -0.4 is 14.8 Å². The van der Waals surface area contributed by atoms with E-state index in [9.17, 15) is 18.4 Å². The maximum Gasteiger partial charge on any atom is 0.258 e. The molecule has 0 bridgehead atoms. The SMILES string of the molecule is O=C1NC(=O)C(=C/c2cc3c(cc2F)OCO3)/C1=C\c1ccc(F)cc1. The topological polar surface area (TPSA) is 64.6 Å². The quantitative estimate of drug-likeness (QED) is 0.665. The normalized spacial score (nSPS) is 18.7. The molecule has 2 aliphatic heterocycles. The average Bonchev–Trinajstić information content (AvgIpc) is 3.15. The Morgan fingerprint density at radius 1 is 0.885 bits per heavy atom. The molecule has 2 aromatic carbocycles.